The van der Waals surface area contributed by atoms with Gasteiger partial charge in [0, 0.05) is 25.8 Å². The molecule has 0 unspecified atom stereocenters. The summed E-state index contributed by atoms with van der Waals surface area (Å²) in [4.78, 5) is 19.0. The fraction of sp³-hybridized carbons (Fsp3) is 0.360. The largest absolute Gasteiger partial charge is 0.490 e. The van der Waals surface area contributed by atoms with Gasteiger partial charge in [0.25, 0.3) is 0 Å². The first kappa shape index (κ1) is 21.4. The fourth-order valence-corrected chi connectivity index (χ4v) is 4.43. The normalized spacial score (nSPS) is 17.8. The van der Waals surface area contributed by atoms with Crippen molar-refractivity contribution in [2.24, 2.45) is 0 Å². The number of fused-ring (bicyclic) bond motifs is 1. The highest BCUT2D eigenvalue weighted by Gasteiger charge is 2.31. The predicted molar refractivity (Wildman–Crippen MR) is 116 cm³/mol. The van der Waals surface area contributed by atoms with E-state index in [4.69, 9.17) is 13.9 Å². The third-order valence-electron chi connectivity index (χ3n) is 6.04. The van der Waals surface area contributed by atoms with E-state index in [1.54, 1.807) is 0 Å². The van der Waals surface area contributed by atoms with Gasteiger partial charge in [0.2, 0.25) is 5.91 Å². The molecule has 1 saturated heterocycles. The van der Waals surface area contributed by atoms with Crippen LogP contribution in [0.15, 0.2) is 47.0 Å². The summed E-state index contributed by atoms with van der Waals surface area (Å²) in [5.41, 5.74) is 0.773. The van der Waals surface area contributed by atoms with Crippen molar-refractivity contribution in [1.29, 1.82) is 0 Å². The Labute approximate surface area is 190 Å². The summed E-state index contributed by atoms with van der Waals surface area (Å²) in [7, 11) is 0. The van der Waals surface area contributed by atoms with Crippen molar-refractivity contribution >= 4 is 5.91 Å². The summed E-state index contributed by atoms with van der Waals surface area (Å²) in [5.74, 6) is 0.288. The average Bonchev–Trinajstić information content (AvgIpc) is 3.42. The summed E-state index contributed by atoms with van der Waals surface area (Å²) in [6.07, 6.45) is 4.36. The number of ether oxygens (including phenoxy) is 2. The van der Waals surface area contributed by atoms with Gasteiger partial charge in [0.1, 0.15) is 11.6 Å². The van der Waals surface area contributed by atoms with Crippen LogP contribution in [0, 0.1) is 11.6 Å². The molecule has 8 heteroatoms. The number of carbonyl (C=O) groups excluding carboxylic acids is 1. The quantitative estimate of drug-likeness (QED) is 0.538. The highest BCUT2D eigenvalue weighted by Crippen LogP contribution is 2.38. The smallest absolute Gasteiger partial charge is 0.223 e. The molecular formula is C25H24F2N2O4. The minimum absolute atomic E-state index is 0.0126. The van der Waals surface area contributed by atoms with Gasteiger partial charge in [-0.05, 0) is 42.7 Å². The van der Waals surface area contributed by atoms with Crippen molar-refractivity contribution in [3.05, 3.63) is 65.7 Å². The molecule has 1 fully saturated rings. The van der Waals surface area contributed by atoms with Gasteiger partial charge in [-0.15, -0.1) is 0 Å². The molecule has 6 nitrogen and oxygen atoms in total. The minimum Gasteiger partial charge on any atom is -0.490 e. The molecule has 0 saturated carbocycles. The molecular weight excluding hydrogens is 430 g/mol. The number of carbonyl (C=O) groups is 1. The first-order valence-corrected chi connectivity index (χ1v) is 11.2. The van der Waals surface area contributed by atoms with Crippen molar-refractivity contribution in [3.63, 3.8) is 0 Å². The number of hydrogen-bond donors (Lipinski definition) is 0. The number of amides is 1. The van der Waals surface area contributed by atoms with Gasteiger partial charge in [-0.3, -0.25) is 4.79 Å². The Morgan fingerprint density at radius 3 is 2.67 bits per heavy atom. The number of likely N-dealkylation sites (tertiary alicyclic amines) is 1. The van der Waals surface area contributed by atoms with Gasteiger partial charge in [-0.2, -0.15) is 0 Å². The minimum atomic E-state index is -0.719. The summed E-state index contributed by atoms with van der Waals surface area (Å²) in [6, 6.07) is 9.47. The lowest BCUT2D eigenvalue weighted by molar-refractivity contribution is -0.132. The first-order chi connectivity index (χ1) is 16.1. The van der Waals surface area contributed by atoms with Crippen LogP contribution in [-0.4, -0.2) is 35.5 Å². The zero-order valence-electron chi connectivity index (χ0n) is 18.1. The summed E-state index contributed by atoms with van der Waals surface area (Å²) in [6.45, 7) is 1.92. The van der Waals surface area contributed by atoms with Gasteiger partial charge < -0.3 is 18.8 Å². The highest BCUT2D eigenvalue weighted by molar-refractivity contribution is 5.77. The van der Waals surface area contributed by atoms with Crippen LogP contribution in [-0.2, 0) is 11.2 Å². The Kier molecular flexibility index (Phi) is 5.98. The van der Waals surface area contributed by atoms with E-state index < -0.39 is 11.6 Å². The first-order valence-electron chi connectivity index (χ1n) is 11.2. The van der Waals surface area contributed by atoms with Crippen LogP contribution < -0.4 is 9.47 Å². The molecule has 1 aromatic heterocycles. The summed E-state index contributed by atoms with van der Waals surface area (Å²) in [5, 5.41) is 0. The molecule has 2 aliphatic rings. The molecule has 33 heavy (non-hydrogen) atoms. The maximum Gasteiger partial charge on any atom is 0.223 e. The van der Waals surface area contributed by atoms with E-state index >= 15 is 0 Å². The molecule has 2 aliphatic heterocycles. The SMILES string of the molecule is O=C(CCc1ncc(-c2c(F)cccc2F)o1)N1CCC[C@H]1c1ccc2c(c1)OCCCO2. The highest BCUT2D eigenvalue weighted by atomic mass is 19.1. The molecule has 1 atom stereocenters. The Bertz CT molecular complexity index is 1140. The lowest BCUT2D eigenvalue weighted by Crippen LogP contribution is -2.30. The van der Waals surface area contributed by atoms with Crippen LogP contribution in [0.4, 0.5) is 8.78 Å². The van der Waals surface area contributed by atoms with E-state index in [-0.39, 0.29) is 42.0 Å². The van der Waals surface area contributed by atoms with Crippen LogP contribution in [0.25, 0.3) is 11.3 Å². The topological polar surface area (TPSA) is 64.8 Å². The van der Waals surface area contributed by atoms with Crippen molar-refractivity contribution in [1.82, 2.24) is 9.88 Å². The lowest BCUT2D eigenvalue weighted by Gasteiger charge is -2.25. The molecule has 3 aromatic rings. The Morgan fingerprint density at radius 2 is 1.85 bits per heavy atom. The predicted octanol–water partition coefficient (Wildman–Crippen LogP) is 5.08. The van der Waals surface area contributed by atoms with E-state index in [2.05, 4.69) is 4.98 Å². The number of aromatic nitrogens is 1. The van der Waals surface area contributed by atoms with Crippen molar-refractivity contribution in [3.8, 4) is 22.8 Å². The third kappa shape index (κ3) is 4.42. The molecule has 2 aromatic carbocycles. The number of aryl methyl sites for hydroxylation is 1. The van der Waals surface area contributed by atoms with E-state index in [1.807, 2.05) is 23.1 Å². The van der Waals surface area contributed by atoms with E-state index in [9.17, 15) is 13.6 Å². The van der Waals surface area contributed by atoms with Crippen LogP contribution in [0.5, 0.6) is 11.5 Å². The fourth-order valence-electron chi connectivity index (χ4n) is 4.43. The lowest BCUT2D eigenvalue weighted by atomic mass is 10.0. The van der Waals surface area contributed by atoms with Crippen molar-refractivity contribution in [2.75, 3.05) is 19.8 Å². The molecule has 0 aliphatic carbocycles. The van der Waals surface area contributed by atoms with Gasteiger partial charge >= 0.3 is 0 Å². The van der Waals surface area contributed by atoms with Crippen molar-refractivity contribution in [2.45, 2.75) is 38.1 Å². The second-order valence-electron chi connectivity index (χ2n) is 8.22. The van der Waals surface area contributed by atoms with Gasteiger partial charge in [-0.1, -0.05) is 12.1 Å². The summed E-state index contributed by atoms with van der Waals surface area (Å²) < 4.78 is 45.0. The zero-order chi connectivity index (χ0) is 22.8. The maximum absolute atomic E-state index is 14.0. The second-order valence-corrected chi connectivity index (χ2v) is 8.22. The zero-order valence-corrected chi connectivity index (χ0v) is 18.1. The molecule has 0 spiro atoms. The number of halogens is 2. The monoisotopic (exact) mass is 454 g/mol. The van der Waals surface area contributed by atoms with E-state index in [0.717, 1.165) is 48.5 Å². The van der Waals surface area contributed by atoms with Crippen LogP contribution in [0.3, 0.4) is 0 Å². The number of oxazole rings is 1. The second kappa shape index (κ2) is 9.21. The van der Waals surface area contributed by atoms with Gasteiger partial charge in [-0.25, -0.2) is 13.8 Å². The van der Waals surface area contributed by atoms with Crippen molar-refractivity contribution < 1.29 is 27.5 Å². The number of nitrogens with zero attached hydrogens (tertiary/aromatic N) is 2. The standard InChI is InChI=1S/C25H24F2N2O4/c26-17-4-1-5-18(27)25(17)22-15-28-23(33-22)9-10-24(30)29-11-2-6-19(29)16-7-8-20-21(14-16)32-13-3-12-31-20/h1,4-5,7-8,14-15,19H,2-3,6,9-13H2/t19-/m0/s1. The maximum atomic E-state index is 14.0. The van der Waals surface area contributed by atoms with Gasteiger partial charge in [0.05, 0.1) is 31.0 Å². The molecule has 172 valence electrons. The van der Waals surface area contributed by atoms with E-state index in [0.29, 0.717) is 19.8 Å². The van der Waals surface area contributed by atoms with Crippen LogP contribution in [0.2, 0.25) is 0 Å². The number of benzene rings is 2. The Balaban J connectivity index is 1.26. The molecule has 3 heterocycles. The molecule has 5 rings (SSSR count). The Morgan fingerprint density at radius 1 is 1.06 bits per heavy atom. The Hall–Kier alpha value is -3.42. The average molecular weight is 454 g/mol. The molecule has 0 bridgehead atoms. The molecule has 0 N–H and O–H groups in total. The molecule has 1 amide bonds. The summed E-state index contributed by atoms with van der Waals surface area (Å²) >= 11 is 0. The van der Waals surface area contributed by atoms with Crippen LogP contribution >= 0.6 is 0 Å². The van der Waals surface area contributed by atoms with Crippen LogP contribution in [0.1, 0.15) is 43.2 Å². The number of hydrogen-bond acceptors (Lipinski definition) is 5. The molecule has 0 radical (unpaired) electrons. The third-order valence-corrected chi connectivity index (χ3v) is 6.04. The van der Waals surface area contributed by atoms with E-state index in [1.165, 1.54) is 12.3 Å². The number of rotatable bonds is 5. The van der Waals surface area contributed by atoms with Gasteiger partial charge in [0.15, 0.2) is 23.1 Å².